The normalized spacial score (nSPS) is 10.3. The topological polar surface area (TPSA) is 55.1 Å². The molecule has 19 heavy (non-hydrogen) atoms. The van der Waals surface area contributed by atoms with Gasteiger partial charge in [-0.05, 0) is 23.8 Å². The predicted octanol–water partition coefficient (Wildman–Crippen LogP) is 3.70. The molecule has 2 aromatic carbocycles. The van der Waals surface area contributed by atoms with Crippen LogP contribution in [-0.4, -0.2) is 5.91 Å². The number of hydrogen-bond donors (Lipinski definition) is 2. The van der Waals surface area contributed by atoms with Crippen LogP contribution >= 0.6 is 23.2 Å². The van der Waals surface area contributed by atoms with Gasteiger partial charge in [-0.1, -0.05) is 47.5 Å². The molecule has 2 aromatic rings. The Morgan fingerprint density at radius 1 is 1.11 bits per heavy atom. The van der Waals surface area contributed by atoms with Crippen LogP contribution in [0.25, 0.3) is 0 Å². The molecule has 0 unspecified atom stereocenters. The third-order valence-corrected chi connectivity index (χ3v) is 3.50. The van der Waals surface area contributed by atoms with Crippen molar-refractivity contribution in [1.29, 1.82) is 0 Å². The van der Waals surface area contributed by atoms with E-state index in [0.717, 1.165) is 5.56 Å². The fourth-order valence-corrected chi connectivity index (χ4v) is 2.06. The van der Waals surface area contributed by atoms with Gasteiger partial charge in [0.2, 0.25) is 0 Å². The van der Waals surface area contributed by atoms with Gasteiger partial charge < -0.3 is 11.1 Å². The SMILES string of the molecule is NCc1ccccc1C(=O)Nc1cccc(Cl)c1Cl. The minimum absolute atomic E-state index is 0.259. The van der Waals surface area contributed by atoms with E-state index in [9.17, 15) is 4.79 Å². The van der Waals surface area contributed by atoms with Crippen molar-refractivity contribution >= 4 is 34.8 Å². The Bertz CT molecular complexity index is 614. The van der Waals surface area contributed by atoms with Gasteiger partial charge >= 0.3 is 0 Å². The molecule has 98 valence electrons. The third-order valence-electron chi connectivity index (χ3n) is 2.68. The Morgan fingerprint density at radius 2 is 1.84 bits per heavy atom. The molecule has 0 heterocycles. The maximum absolute atomic E-state index is 12.2. The number of amides is 1. The van der Waals surface area contributed by atoms with Crippen LogP contribution in [-0.2, 0) is 6.54 Å². The van der Waals surface area contributed by atoms with Gasteiger partial charge in [-0.15, -0.1) is 0 Å². The highest BCUT2D eigenvalue weighted by molar-refractivity contribution is 6.44. The summed E-state index contributed by atoms with van der Waals surface area (Å²) >= 11 is 11.9. The van der Waals surface area contributed by atoms with Crippen molar-refractivity contribution in [3.05, 3.63) is 63.6 Å². The van der Waals surface area contributed by atoms with Gasteiger partial charge in [-0.2, -0.15) is 0 Å². The van der Waals surface area contributed by atoms with Crippen LogP contribution in [0.2, 0.25) is 10.0 Å². The van der Waals surface area contributed by atoms with Crippen LogP contribution in [0.5, 0.6) is 0 Å². The zero-order valence-corrected chi connectivity index (χ0v) is 11.5. The first kappa shape index (κ1) is 13.9. The number of carbonyl (C=O) groups excluding carboxylic acids is 1. The molecule has 0 bridgehead atoms. The maximum Gasteiger partial charge on any atom is 0.256 e. The minimum Gasteiger partial charge on any atom is -0.326 e. The van der Waals surface area contributed by atoms with Crippen LogP contribution in [0, 0.1) is 0 Å². The molecule has 5 heteroatoms. The molecular formula is C14H12Cl2N2O. The molecule has 3 nitrogen and oxygen atoms in total. The van der Waals surface area contributed by atoms with Crippen molar-refractivity contribution in [1.82, 2.24) is 0 Å². The lowest BCUT2D eigenvalue weighted by Crippen LogP contribution is -2.15. The first-order valence-electron chi connectivity index (χ1n) is 5.67. The summed E-state index contributed by atoms with van der Waals surface area (Å²) in [5.41, 5.74) is 7.39. The van der Waals surface area contributed by atoms with Gasteiger partial charge in [0.1, 0.15) is 0 Å². The highest BCUT2D eigenvalue weighted by atomic mass is 35.5. The van der Waals surface area contributed by atoms with Crippen LogP contribution in [0.15, 0.2) is 42.5 Å². The predicted molar refractivity (Wildman–Crippen MR) is 78.7 cm³/mol. The number of carbonyl (C=O) groups is 1. The second kappa shape index (κ2) is 6.06. The summed E-state index contributed by atoms with van der Waals surface area (Å²) in [5.74, 6) is -0.259. The van der Waals surface area contributed by atoms with Crippen molar-refractivity contribution in [3.8, 4) is 0 Å². The molecule has 3 N–H and O–H groups in total. The lowest BCUT2D eigenvalue weighted by atomic mass is 10.1. The Morgan fingerprint density at radius 3 is 2.58 bits per heavy atom. The standard InChI is InChI=1S/C14H12Cl2N2O/c15-11-6-3-7-12(13(11)16)18-14(19)10-5-2-1-4-9(10)8-17/h1-7H,8,17H2,(H,18,19). The van der Waals surface area contributed by atoms with Crippen LogP contribution in [0.4, 0.5) is 5.69 Å². The van der Waals surface area contributed by atoms with Crippen LogP contribution in [0.3, 0.4) is 0 Å². The molecule has 1 amide bonds. The number of rotatable bonds is 3. The van der Waals surface area contributed by atoms with E-state index < -0.39 is 0 Å². The number of halogens is 2. The summed E-state index contributed by atoms with van der Waals surface area (Å²) in [7, 11) is 0. The van der Waals surface area contributed by atoms with Crippen molar-refractivity contribution < 1.29 is 4.79 Å². The Balaban J connectivity index is 2.28. The quantitative estimate of drug-likeness (QED) is 0.907. The first-order valence-corrected chi connectivity index (χ1v) is 6.42. The molecule has 2 rings (SSSR count). The van der Waals surface area contributed by atoms with E-state index >= 15 is 0 Å². The monoisotopic (exact) mass is 294 g/mol. The number of anilines is 1. The molecule has 0 spiro atoms. The summed E-state index contributed by atoms with van der Waals surface area (Å²) in [4.78, 5) is 12.2. The molecule has 0 saturated heterocycles. The largest absolute Gasteiger partial charge is 0.326 e. The lowest BCUT2D eigenvalue weighted by molar-refractivity contribution is 0.102. The second-order valence-electron chi connectivity index (χ2n) is 3.92. The van der Waals surface area contributed by atoms with Crippen molar-refractivity contribution in [3.63, 3.8) is 0 Å². The van der Waals surface area contributed by atoms with E-state index in [1.165, 1.54) is 0 Å². The van der Waals surface area contributed by atoms with Gasteiger partial charge in [-0.3, -0.25) is 4.79 Å². The fraction of sp³-hybridized carbons (Fsp3) is 0.0714. The lowest BCUT2D eigenvalue weighted by Gasteiger charge is -2.10. The van der Waals surface area contributed by atoms with Gasteiger partial charge in [0, 0.05) is 12.1 Å². The van der Waals surface area contributed by atoms with E-state index in [0.29, 0.717) is 27.8 Å². The Hall–Kier alpha value is -1.55. The summed E-state index contributed by atoms with van der Waals surface area (Å²) < 4.78 is 0. The number of hydrogen-bond acceptors (Lipinski definition) is 2. The molecule has 0 radical (unpaired) electrons. The molecule has 0 aliphatic carbocycles. The van der Waals surface area contributed by atoms with Gasteiger partial charge in [-0.25, -0.2) is 0 Å². The number of nitrogens with two attached hydrogens (primary N) is 1. The summed E-state index contributed by atoms with van der Waals surface area (Å²) in [6.07, 6.45) is 0. The smallest absolute Gasteiger partial charge is 0.256 e. The molecular weight excluding hydrogens is 283 g/mol. The van der Waals surface area contributed by atoms with Crippen molar-refractivity contribution in [2.45, 2.75) is 6.54 Å². The highest BCUT2D eigenvalue weighted by Gasteiger charge is 2.12. The first-order chi connectivity index (χ1) is 9.13. The van der Waals surface area contributed by atoms with Crippen molar-refractivity contribution in [2.75, 3.05) is 5.32 Å². The van der Waals surface area contributed by atoms with E-state index in [-0.39, 0.29) is 5.91 Å². The zero-order valence-electron chi connectivity index (χ0n) is 9.99. The molecule has 0 fully saturated rings. The maximum atomic E-state index is 12.2. The third kappa shape index (κ3) is 3.07. The van der Waals surface area contributed by atoms with Crippen LogP contribution < -0.4 is 11.1 Å². The Labute approximate surface area is 121 Å². The van der Waals surface area contributed by atoms with E-state index in [4.69, 9.17) is 28.9 Å². The second-order valence-corrected chi connectivity index (χ2v) is 4.70. The molecule has 0 aliphatic rings. The van der Waals surface area contributed by atoms with Gasteiger partial charge in [0.05, 0.1) is 15.7 Å². The summed E-state index contributed by atoms with van der Waals surface area (Å²) in [6.45, 7) is 0.298. The van der Waals surface area contributed by atoms with Gasteiger partial charge in [0.15, 0.2) is 0 Å². The average Bonchev–Trinajstić information content (AvgIpc) is 2.43. The molecule has 0 saturated carbocycles. The summed E-state index contributed by atoms with van der Waals surface area (Å²) in [6, 6.07) is 12.2. The number of benzene rings is 2. The Kier molecular flexibility index (Phi) is 4.43. The summed E-state index contributed by atoms with van der Waals surface area (Å²) in [5, 5.41) is 3.45. The minimum atomic E-state index is -0.259. The van der Waals surface area contributed by atoms with Crippen molar-refractivity contribution in [2.24, 2.45) is 5.73 Å². The molecule has 0 atom stereocenters. The van der Waals surface area contributed by atoms with Crippen LogP contribution in [0.1, 0.15) is 15.9 Å². The highest BCUT2D eigenvalue weighted by Crippen LogP contribution is 2.29. The number of nitrogens with one attached hydrogen (secondary N) is 1. The van der Waals surface area contributed by atoms with Gasteiger partial charge in [0.25, 0.3) is 5.91 Å². The average molecular weight is 295 g/mol. The fourth-order valence-electron chi connectivity index (χ4n) is 1.71. The van der Waals surface area contributed by atoms with E-state index in [1.54, 1.807) is 30.3 Å². The molecule has 0 aromatic heterocycles. The molecule has 0 aliphatic heterocycles. The zero-order chi connectivity index (χ0) is 13.8. The van der Waals surface area contributed by atoms with E-state index in [2.05, 4.69) is 5.32 Å². The van der Waals surface area contributed by atoms with E-state index in [1.807, 2.05) is 12.1 Å².